The van der Waals surface area contributed by atoms with Crippen LogP contribution in [-0.4, -0.2) is 20.7 Å². The molecule has 0 saturated heterocycles. The Kier molecular flexibility index (Phi) is 4.09. The average molecular weight is 293 g/mol. The number of pyridine rings is 1. The largest absolute Gasteiger partial charge is 0.344 e. The Morgan fingerprint density at radius 3 is 2.60 bits per heavy atom. The Hall–Kier alpha value is -1.88. The summed E-state index contributed by atoms with van der Waals surface area (Å²) in [5.74, 6) is -0.285. The minimum absolute atomic E-state index is 0.158. The highest BCUT2D eigenvalue weighted by molar-refractivity contribution is 6.34. The maximum Gasteiger partial charge on any atom is 0.273 e. The van der Waals surface area contributed by atoms with E-state index in [2.05, 4.69) is 15.4 Å². The molecule has 0 aliphatic carbocycles. The van der Waals surface area contributed by atoms with Crippen molar-refractivity contribution < 1.29 is 4.79 Å². The average Bonchev–Trinajstić information content (AvgIpc) is 2.67. The molecule has 0 bridgehead atoms. The van der Waals surface area contributed by atoms with Crippen LogP contribution < -0.4 is 5.32 Å². The molecule has 0 spiro atoms. The summed E-state index contributed by atoms with van der Waals surface area (Å²) in [5.41, 5.74) is 2.89. The molecule has 5 nitrogen and oxygen atoms in total. The number of nitrogens with zero attached hydrogens (tertiary/aromatic N) is 3. The standard InChI is InChI=1S/C14H17ClN4O/c1-8-5-6-11(7-16-8)9(2)17-14(20)13-12(15)10(3)19(4)18-13/h5-7,9H,1-4H3,(H,17,20). The Balaban J connectivity index is 2.15. The molecule has 0 saturated carbocycles. The van der Waals surface area contributed by atoms with E-state index in [1.54, 1.807) is 17.9 Å². The first-order valence-corrected chi connectivity index (χ1v) is 6.70. The molecule has 2 aromatic heterocycles. The van der Waals surface area contributed by atoms with Gasteiger partial charge in [0.05, 0.1) is 16.8 Å². The number of carbonyl (C=O) groups is 1. The van der Waals surface area contributed by atoms with Crippen molar-refractivity contribution in [2.75, 3.05) is 0 Å². The molecule has 0 aliphatic heterocycles. The molecule has 1 amide bonds. The topological polar surface area (TPSA) is 59.8 Å². The molecule has 1 atom stereocenters. The predicted molar refractivity (Wildman–Crippen MR) is 77.8 cm³/mol. The summed E-state index contributed by atoms with van der Waals surface area (Å²) in [5, 5.41) is 7.39. The second-order valence-corrected chi connectivity index (χ2v) is 5.18. The van der Waals surface area contributed by atoms with Gasteiger partial charge in [0.25, 0.3) is 5.91 Å². The van der Waals surface area contributed by atoms with Crippen LogP contribution in [0.1, 0.15) is 40.4 Å². The van der Waals surface area contributed by atoms with E-state index in [4.69, 9.17) is 11.6 Å². The highest BCUT2D eigenvalue weighted by atomic mass is 35.5. The van der Waals surface area contributed by atoms with E-state index in [1.165, 1.54) is 0 Å². The van der Waals surface area contributed by atoms with E-state index in [1.807, 2.05) is 32.9 Å². The molecule has 0 aliphatic rings. The lowest BCUT2D eigenvalue weighted by molar-refractivity contribution is 0.0934. The molecule has 1 unspecified atom stereocenters. The molecule has 1 N–H and O–H groups in total. The van der Waals surface area contributed by atoms with Crippen molar-refractivity contribution in [3.8, 4) is 0 Å². The Morgan fingerprint density at radius 1 is 1.40 bits per heavy atom. The Labute approximate surface area is 123 Å². The molecule has 6 heteroatoms. The zero-order valence-corrected chi connectivity index (χ0v) is 12.7. The molecule has 106 valence electrons. The Bertz CT molecular complexity index is 633. The highest BCUT2D eigenvalue weighted by Crippen LogP contribution is 2.20. The van der Waals surface area contributed by atoms with Gasteiger partial charge in [-0.2, -0.15) is 5.10 Å². The van der Waals surface area contributed by atoms with Crippen molar-refractivity contribution in [2.24, 2.45) is 7.05 Å². The number of aromatic nitrogens is 3. The highest BCUT2D eigenvalue weighted by Gasteiger charge is 2.20. The van der Waals surface area contributed by atoms with Crippen LogP contribution in [-0.2, 0) is 7.05 Å². The summed E-state index contributed by atoms with van der Waals surface area (Å²) in [6, 6.07) is 3.70. The van der Waals surface area contributed by atoms with E-state index in [0.717, 1.165) is 17.0 Å². The monoisotopic (exact) mass is 292 g/mol. The van der Waals surface area contributed by atoms with Crippen LogP contribution in [0.2, 0.25) is 5.02 Å². The Morgan fingerprint density at radius 2 is 2.10 bits per heavy atom. The molecule has 0 fully saturated rings. The van der Waals surface area contributed by atoms with E-state index >= 15 is 0 Å². The van der Waals surface area contributed by atoms with Crippen LogP contribution in [0.5, 0.6) is 0 Å². The molecule has 2 heterocycles. The minimum Gasteiger partial charge on any atom is -0.344 e. The molecule has 2 rings (SSSR count). The van der Waals surface area contributed by atoms with Crippen LogP contribution in [0.4, 0.5) is 0 Å². The third-order valence-corrected chi connectivity index (χ3v) is 3.71. The molecule has 20 heavy (non-hydrogen) atoms. The fourth-order valence-electron chi connectivity index (χ4n) is 1.81. The van der Waals surface area contributed by atoms with Gasteiger partial charge in [-0.15, -0.1) is 0 Å². The van der Waals surface area contributed by atoms with Crippen LogP contribution in [0.3, 0.4) is 0 Å². The maximum atomic E-state index is 12.2. The number of nitrogens with one attached hydrogen (secondary N) is 1. The first-order valence-electron chi connectivity index (χ1n) is 6.32. The summed E-state index contributed by atoms with van der Waals surface area (Å²) in [4.78, 5) is 16.4. The molecule has 0 radical (unpaired) electrons. The number of carbonyl (C=O) groups excluding carboxylic acids is 1. The van der Waals surface area contributed by atoms with Crippen molar-refractivity contribution in [3.63, 3.8) is 0 Å². The first-order chi connectivity index (χ1) is 9.40. The van der Waals surface area contributed by atoms with Gasteiger partial charge in [-0.25, -0.2) is 0 Å². The SMILES string of the molecule is Cc1ccc(C(C)NC(=O)c2nn(C)c(C)c2Cl)cn1. The molecular formula is C14H17ClN4O. The summed E-state index contributed by atoms with van der Waals surface area (Å²) in [6.07, 6.45) is 1.76. The van der Waals surface area contributed by atoms with Crippen LogP contribution in [0, 0.1) is 13.8 Å². The molecule has 2 aromatic rings. The van der Waals surface area contributed by atoms with Gasteiger partial charge in [0, 0.05) is 18.9 Å². The van der Waals surface area contributed by atoms with Crippen molar-refractivity contribution in [2.45, 2.75) is 26.8 Å². The van der Waals surface area contributed by atoms with E-state index in [9.17, 15) is 4.79 Å². The van der Waals surface area contributed by atoms with Crippen molar-refractivity contribution in [1.82, 2.24) is 20.1 Å². The van der Waals surface area contributed by atoms with E-state index in [0.29, 0.717) is 5.02 Å². The van der Waals surface area contributed by atoms with Crippen molar-refractivity contribution >= 4 is 17.5 Å². The number of amides is 1. The van der Waals surface area contributed by atoms with Crippen LogP contribution in [0.15, 0.2) is 18.3 Å². The maximum absolute atomic E-state index is 12.2. The zero-order chi connectivity index (χ0) is 14.9. The number of rotatable bonds is 3. The minimum atomic E-state index is -0.285. The van der Waals surface area contributed by atoms with Gasteiger partial charge >= 0.3 is 0 Å². The van der Waals surface area contributed by atoms with Crippen LogP contribution in [0.25, 0.3) is 0 Å². The van der Waals surface area contributed by atoms with E-state index < -0.39 is 0 Å². The van der Waals surface area contributed by atoms with Gasteiger partial charge in [-0.05, 0) is 32.4 Å². The van der Waals surface area contributed by atoms with Crippen molar-refractivity contribution in [1.29, 1.82) is 0 Å². The summed E-state index contributed by atoms with van der Waals surface area (Å²) in [6.45, 7) is 5.64. The van der Waals surface area contributed by atoms with Crippen molar-refractivity contribution in [3.05, 3.63) is 46.0 Å². The summed E-state index contributed by atoms with van der Waals surface area (Å²) in [7, 11) is 1.76. The normalized spacial score (nSPS) is 12.2. The fraction of sp³-hybridized carbons (Fsp3) is 0.357. The van der Waals surface area contributed by atoms with Crippen LogP contribution >= 0.6 is 11.6 Å². The summed E-state index contributed by atoms with van der Waals surface area (Å²) < 4.78 is 1.59. The second kappa shape index (κ2) is 5.63. The van der Waals surface area contributed by atoms with Gasteiger partial charge in [-0.1, -0.05) is 17.7 Å². The summed E-state index contributed by atoms with van der Waals surface area (Å²) >= 11 is 6.10. The van der Waals surface area contributed by atoms with Gasteiger partial charge in [0.1, 0.15) is 0 Å². The third kappa shape index (κ3) is 2.82. The zero-order valence-electron chi connectivity index (χ0n) is 11.9. The van der Waals surface area contributed by atoms with Gasteiger partial charge in [0.15, 0.2) is 5.69 Å². The number of hydrogen-bond donors (Lipinski definition) is 1. The van der Waals surface area contributed by atoms with Gasteiger partial charge < -0.3 is 5.32 Å². The number of hydrogen-bond acceptors (Lipinski definition) is 3. The lowest BCUT2D eigenvalue weighted by Crippen LogP contribution is -2.27. The first kappa shape index (κ1) is 14.5. The second-order valence-electron chi connectivity index (χ2n) is 4.80. The molecular weight excluding hydrogens is 276 g/mol. The smallest absolute Gasteiger partial charge is 0.273 e. The third-order valence-electron chi connectivity index (χ3n) is 3.26. The number of aryl methyl sites for hydroxylation is 2. The van der Waals surface area contributed by atoms with Gasteiger partial charge in [0.2, 0.25) is 0 Å². The van der Waals surface area contributed by atoms with E-state index in [-0.39, 0.29) is 17.6 Å². The fourth-order valence-corrected chi connectivity index (χ4v) is 2.06. The van der Waals surface area contributed by atoms with Gasteiger partial charge in [-0.3, -0.25) is 14.5 Å². The molecule has 0 aromatic carbocycles. The quantitative estimate of drug-likeness (QED) is 0.946. The lowest BCUT2D eigenvalue weighted by atomic mass is 10.1. The lowest BCUT2D eigenvalue weighted by Gasteiger charge is -2.13. The predicted octanol–water partition coefficient (Wildman–Crippen LogP) is 2.58. The number of halogens is 1.